The standard InChI is InChI=1S/C10H9ClN2O6/c11-5-1-2-8(13(18)19)6(3-5)9(15)12-7(4-14)10(16)17/h1-3,7,14H,4H2,(H,12,15)(H,16,17)/t7-/m0/s1. The van der Waals surface area contributed by atoms with Crippen LogP contribution in [0, 0.1) is 10.1 Å². The summed E-state index contributed by atoms with van der Waals surface area (Å²) in [5, 5.41) is 30.2. The van der Waals surface area contributed by atoms with Crippen LogP contribution < -0.4 is 5.32 Å². The number of carbonyl (C=O) groups excluding carboxylic acids is 1. The number of halogens is 1. The van der Waals surface area contributed by atoms with Gasteiger partial charge < -0.3 is 15.5 Å². The van der Waals surface area contributed by atoms with Crippen molar-refractivity contribution in [2.24, 2.45) is 0 Å². The van der Waals surface area contributed by atoms with E-state index in [1.165, 1.54) is 6.07 Å². The summed E-state index contributed by atoms with van der Waals surface area (Å²) in [4.78, 5) is 32.3. The molecule has 8 nitrogen and oxygen atoms in total. The Morgan fingerprint density at radius 2 is 2.11 bits per heavy atom. The van der Waals surface area contributed by atoms with Gasteiger partial charge in [0.2, 0.25) is 0 Å². The number of nitro benzene ring substituents is 1. The highest BCUT2D eigenvalue weighted by molar-refractivity contribution is 6.31. The zero-order chi connectivity index (χ0) is 14.6. The van der Waals surface area contributed by atoms with Gasteiger partial charge in [0.05, 0.1) is 11.5 Å². The number of carbonyl (C=O) groups is 2. The van der Waals surface area contributed by atoms with E-state index >= 15 is 0 Å². The molecule has 102 valence electrons. The fourth-order valence-electron chi connectivity index (χ4n) is 1.27. The summed E-state index contributed by atoms with van der Waals surface area (Å²) in [5.74, 6) is -2.46. The lowest BCUT2D eigenvalue weighted by Crippen LogP contribution is -2.43. The van der Waals surface area contributed by atoms with Crippen LogP contribution in [0.5, 0.6) is 0 Å². The Morgan fingerprint density at radius 3 is 2.58 bits per heavy atom. The Labute approximate surface area is 111 Å². The van der Waals surface area contributed by atoms with Gasteiger partial charge >= 0.3 is 5.97 Å². The molecular formula is C10H9ClN2O6. The minimum absolute atomic E-state index is 0.0895. The number of hydrogen-bond acceptors (Lipinski definition) is 5. The summed E-state index contributed by atoms with van der Waals surface area (Å²) in [7, 11) is 0. The van der Waals surface area contributed by atoms with Crippen molar-refractivity contribution in [1.29, 1.82) is 0 Å². The molecule has 0 heterocycles. The minimum Gasteiger partial charge on any atom is -0.480 e. The maximum atomic E-state index is 11.7. The Balaban J connectivity index is 3.08. The van der Waals surface area contributed by atoms with E-state index in [0.29, 0.717) is 0 Å². The Kier molecular flexibility index (Phi) is 4.79. The average molecular weight is 289 g/mol. The van der Waals surface area contributed by atoms with Gasteiger partial charge in [0.25, 0.3) is 11.6 Å². The van der Waals surface area contributed by atoms with Crippen molar-refractivity contribution in [2.45, 2.75) is 6.04 Å². The number of benzene rings is 1. The van der Waals surface area contributed by atoms with Gasteiger partial charge in [-0.05, 0) is 12.1 Å². The topological polar surface area (TPSA) is 130 Å². The van der Waals surface area contributed by atoms with Gasteiger partial charge in [-0.25, -0.2) is 4.79 Å². The maximum Gasteiger partial charge on any atom is 0.328 e. The third-order valence-corrected chi connectivity index (χ3v) is 2.42. The third kappa shape index (κ3) is 3.63. The second kappa shape index (κ2) is 6.12. The number of aliphatic carboxylic acids is 1. The minimum atomic E-state index is -1.55. The first-order chi connectivity index (χ1) is 8.86. The molecule has 0 saturated carbocycles. The lowest BCUT2D eigenvalue weighted by Gasteiger charge is -2.11. The molecule has 19 heavy (non-hydrogen) atoms. The lowest BCUT2D eigenvalue weighted by molar-refractivity contribution is -0.385. The Bertz CT molecular complexity index is 533. The molecule has 0 aliphatic rings. The van der Waals surface area contributed by atoms with E-state index in [1.807, 2.05) is 5.32 Å². The van der Waals surface area contributed by atoms with Crippen LogP contribution in [-0.2, 0) is 4.79 Å². The average Bonchev–Trinajstić information content (AvgIpc) is 2.34. The Morgan fingerprint density at radius 1 is 1.47 bits per heavy atom. The van der Waals surface area contributed by atoms with Crippen molar-refractivity contribution < 1.29 is 24.7 Å². The molecule has 0 fully saturated rings. The van der Waals surface area contributed by atoms with Crippen molar-refractivity contribution in [1.82, 2.24) is 5.32 Å². The van der Waals surface area contributed by atoms with Crippen molar-refractivity contribution in [2.75, 3.05) is 6.61 Å². The van der Waals surface area contributed by atoms with E-state index in [0.717, 1.165) is 12.1 Å². The molecule has 0 aliphatic carbocycles. The van der Waals surface area contributed by atoms with Crippen LogP contribution in [0.25, 0.3) is 0 Å². The van der Waals surface area contributed by atoms with Crippen molar-refractivity contribution in [3.63, 3.8) is 0 Å². The van der Waals surface area contributed by atoms with Crippen LogP contribution in [0.15, 0.2) is 18.2 Å². The second-order valence-corrected chi connectivity index (χ2v) is 3.90. The molecule has 9 heteroatoms. The van der Waals surface area contributed by atoms with Gasteiger partial charge in [-0.3, -0.25) is 14.9 Å². The fraction of sp³-hybridized carbons (Fsp3) is 0.200. The number of carboxylic acids is 1. The molecule has 1 aromatic rings. The Hall–Kier alpha value is -2.19. The summed E-state index contributed by atoms with van der Waals surface area (Å²) in [6.07, 6.45) is 0. The van der Waals surface area contributed by atoms with Gasteiger partial charge in [0.1, 0.15) is 5.56 Å². The fourth-order valence-corrected chi connectivity index (χ4v) is 1.44. The SMILES string of the molecule is O=C(N[C@@H](CO)C(=O)O)c1cc(Cl)ccc1[N+](=O)[O-]. The third-order valence-electron chi connectivity index (χ3n) is 2.19. The number of nitro groups is 1. The van der Waals surface area contributed by atoms with Gasteiger partial charge in [-0.1, -0.05) is 11.6 Å². The predicted octanol–water partition coefficient (Wildman–Crippen LogP) is 0.423. The molecule has 1 amide bonds. The first kappa shape index (κ1) is 14.9. The highest BCUT2D eigenvalue weighted by Crippen LogP contribution is 2.22. The van der Waals surface area contributed by atoms with Crippen molar-refractivity contribution >= 4 is 29.2 Å². The normalized spacial score (nSPS) is 11.7. The molecule has 0 aliphatic heterocycles. The van der Waals surface area contributed by atoms with Crippen LogP contribution in [-0.4, -0.2) is 39.7 Å². The van der Waals surface area contributed by atoms with Gasteiger partial charge in [-0.15, -0.1) is 0 Å². The maximum absolute atomic E-state index is 11.7. The monoisotopic (exact) mass is 288 g/mol. The predicted molar refractivity (Wildman–Crippen MR) is 64.1 cm³/mol. The van der Waals surface area contributed by atoms with Gasteiger partial charge in [0.15, 0.2) is 6.04 Å². The number of nitrogens with one attached hydrogen (secondary N) is 1. The van der Waals surface area contributed by atoms with Crippen LogP contribution in [0.2, 0.25) is 5.02 Å². The van der Waals surface area contributed by atoms with E-state index in [4.69, 9.17) is 21.8 Å². The highest BCUT2D eigenvalue weighted by atomic mass is 35.5. The van der Waals surface area contributed by atoms with E-state index < -0.39 is 35.1 Å². The lowest BCUT2D eigenvalue weighted by atomic mass is 10.1. The zero-order valence-corrected chi connectivity index (χ0v) is 10.1. The molecule has 1 atom stereocenters. The molecule has 3 N–H and O–H groups in total. The van der Waals surface area contributed by atoms with Gasteiger partial charge in [-0.2, -0.15) is 0 Å². The van der Waals surface area contributed by atoms with E-state index in [1.54, 1.807) is 0 Å². The first-order valence-electron chi connectivity index (χ1n) is 4.95. The molecule has 0 radical (unpaired) electrons. The summed E-state index contributed by atoms with van der Waals surface area (Å²) >= 11 is 5.63. The second-order valence-electron chi connectivity index (χ2n) is 3.47. The summed E-state index contributed by atoms with van der Waals surface area (Å²) in [5.41, 5.74) is -0.888. The molecule has 1 rings (SSSR count). The smallest absolute Gasteiger partial charge is 0.328 e. The zero-order valence-electron chi connectivity index (χ0n) is 9.37. The van der Waals surface area contributed by atoms with E-state index in [2.05, 4.69) is 0 Å². The molecule has 0 bridgehead atoms. The van der Waals surface area contributed by atoms with Crippen LogP contribution in [0.1, 0.15) is 10.4 Å². The van der Waals surface area contributed by atoms with Crippen molar-refractivity contribution in [3.8, 4) is 0 Å². The number of nitrogens with zero attached hydrogens (tertiary/aromatic N) is 1. The molecule has 1 aromatic carbocycles. The van der Waals surface area contributed by atoms with Crippen LogP contribution >= 0.6 is 11.6 Å². The molecule has 0 saturated heterocycles. The number of rotatable bonds is 5. The van der Waals surface area contributed by atoms with Crippen molar-refractivity contribution in [3.05, 3.63) is 38.9 Å². The number of carboxylic acid groups (broad SMARTS) is 1. The number of amides is 1. The molecule has 0 aromatic heterocycles. The highest BCUT2D eigenvalue weighted by Gasteiger charge is 2.25. The summed E-state index contributed by atoms with van der Waals surface area (Å²) in [6, 6.07) is 1.76. The number of hydrogen-bond donors (Lipinski definition) is 3. The van der Waals surface area contributed by atoms with Crippen LogP contribution in [0.4, 0.5) is 5.69 Å². The molecule has 0 unspecified atom stereocenters. The van der Waals surface area contributed by atoms with Gasteiger partial charge in [0, 0.05) is 11.1 Å². The number of aliphatic hydroxyl groups excluding tert-OH is 1. The van der Waals surface area contributed by atoms with E-state index in [-0.39, 0.29) is 10.6 Å². The van der Waals surface area contributed by atoms with E-state index in [9.17, 15) is 19.7 Å². The first-order valence-corrected chi connectivity index (χ1v) is 5.33. The number of aliphatic hydroxyl groups is 1. The molecule has 0 spiro atoms. The quantitative estimate of drug-likeness (QED) is 0.532. The largest absolute Gasteiger partial charge is 0.480 e. The summed E-state index contributed by atoms with van der Waals surface area (Å²) < 4.78 is 0. The van der Waals surface area contributed by atoms with Crippen LogP contribution in [0.3, 0.4) is 0 Å². The summed E-state index contributed by atoms with van der Waals surface area (Å²) in [6.45, 7) is -0.838. The molecular weight excluding hydrogens is 280 g/mol.